The Morgan fingerprint density at radius 1 is 1.31 bits per heavy atom. The number of hydrogen-bond acceptors (Lipinski definition) is 2. The van der Waals surface area contributed by atoms with Crippen LogP contribution in [0.3, 0.4) is 0 Å². The molecule has 0 spiro atoms. The summed E-state index contributed by atoms with van der Waals surface area (Å²) in [5.41, 5.74) is 6.31. The average molecular weight is 252 g/mol. The molecule has 0 bridgehead atoms. The molecule has 16 heavy (non-hydrogen) atoms. The Morgan fingerprint density at radius 3 is 2.50 bits per heavy atom. The van der Waals surface area contributed by atoms with Gasteiger partial charge in [0, 0.05) is 18.0 Å². The Labute approximate surface area is 100 Å². The summed E-state index contributed by atoms with van der Waals surface area (Å²) in [5.74, 6) is 0.591. The summed E-state index contributed by atoms with van der Waals surface area (Å²) in [4.78, 5) is 0. The minimum atomic E-state index is -2.39. The van der Waals surface area contributed by atoms with E-state index in [0.29, 0.717) is 17.9 Å². The lowest BCUT2D eigenvalue weighted by molar-refractivity contribution is 0.128. The van der Waals surface area contributed by atoms with Crippen LogP contribution in [-0.2, 0) is 0 Å². The first kappa shape index (κ1) is 15.1. The topological polar surface area (TPSA) is 35.2 Å². The molecule has 1 atom stereocenters. The molecule has 1 aromatic rings. The molecule has 0 fully saturated rings. The minimum Gasteiger partial charge on any atom is -0.494 e. The normalized spacial score (nSPS) is 12.1. The van der Waals surface area contributed by atoms with Crippen molar-refractivity contribution >= 4 is 12.4 Å². The van der Waals surface area contributed by atoms with Crippen LogP contribution in [-0.4, -0.2) is 13.0 Å². The zero-order valence-electron chi connectivity index (χ0n) is 9.03. The third-order valence-corrected chi connectivity index (χ3v) is 2.05. The summed E-state index contributed by atoms with van der Waals surface area (Å²) in [6.07, 6.45) is -2.74. The third-order valence-electron chi connectivity index (χ3n) is 2.05. The molecule has 0 aliphatic heterocycles. The molecule has 5 heteroatoms. The predicted molar refractivity (Wildman–Crippen MR) is 62.4 cm³/mol. The van der Waals surface area contributed by atoms with E-state index in [0.717, 1.165) is 0 Å². The quantitative estimate of drug-likeness (QED) is 0.873. The fraction of sp³-hybridized carbons (Fsp3) is 0.455. The highest BCUT2D eigenvalue weighted by atomic mass is 35.5. The molecular formula is C11H16ClF2NO. The number of ether oxygens (including phenoxy) is 1. The molecule has 0 amide bonds. The van der Waals surface area contributed by atoms with E-state index >= 15 is 0 Å². The SMILES string of the molecule is CCOc1ccccc1[C@H](N)CC(F)F.Cl. The van der Waals surface area contributed by atoms with Gasteiger partial charge in [-0.1, -0.05) is 18.2 Å². The van der Waals surface area contributed by atoms with Crippen LogP contribution in [0.4, 0.5) is 8.78 Å². The van der Waals surface area contributed by atoms with Gasteiger partial charge in [-0.15, -0.1) is 12.4 Å². The second kappa shape index (κ2) is 7.41. The van der Waals surface area contributed by atoms with E-state index in [1.54, 1.807) is 24.3 Å². The Morgan fingerprint density at radius 2 is 1.94 bits per heavy atom. The van der Waals surface area contributed by atoms with Crippen molar-refractivity contribution in [2.75, 3.05) is 6.61 Å². The number of alkyl halides is 2. The van der Waals surface area contributed by atoms with E-state index in [1.807, 2.05) is 6.92 Å². The maximum Gasteiger partial charge on any atom is 0.240 e. The summed E-state index contributed by atoms with van der Waals surface area (Å²) >= 11 is 0. The summed E-state index contributed by atoms with van der Waals surface area (Å²) < 4.78 is 29.7. The highest BCUT2D eigenvalue weighted by molar-refractivity contribution is 5.85. The number of rotatable bonds is 5. The largest absolute Gasteiger partial charge is 0.494 e. The second-order valence-corrected chi connectivity index (χ2v) is 3.20. The summed E-state index contributed by atoms with van der Waals surface area (Å²) in [6.45, 7) is 2.34. The number of hydrogen-bond donors (Lipinski definition) is 1. The van der Waals surface area contributed by atoms with E-state index in [-0.39, 0.29) is 18.8 Å². The van der Waals surface area contributed by atoms with Gasteiger partial charge < -0.3 is 10.5 Å². The Bertz CT molecular complexity index is 310. The van der Waals surface area contributed by atoms with Crippen LogP contribution in [0.2, 0.25) is 0 Å². The monoisotopic (exact) mass is 251 g/mol. The predicted octanol–water partition coefficient (Wildman–Crippen LogP) is 3.16. The molecule has 1 rings (SSSR count). The van der Waals surface area contributed by atoms with Gasteiger partial charge in [0.05, 0.1) is 6.61 Å². The van der Waals surface area contributed by atoms with Gasteiger partial charge >= 0.3 is 0 Å². The minimum absolute atomic E-state index is 0. The fourth-order valence-electron chi connectivity index (χ4n) is 1.39. The maximum atomic E-state index is 12.2. The first-order valence-corrected chi connectivity index (χ1v) is 4.90. The molecule has 0 aliphatic rings. The second-order valence-electron chi connectivity index (χ2n) is 3.20. The molecule has 0 radical (unpaired) electrons. The Hall–Kier alpha value is -0.870. The molecular weight excluding hydrogens is 236 g/mol. The first-order chi connectivity index (χ1) is 7.15. The average Bonchev–Trinajstić information content (AvgIpc) is 2.18. The van der Waals surface area contributed by atoms with Crippen molar-refractivity contribution in [2.24, 2.45) is 5.73 Å². The Balaban J connectivity index is 0.00000225. The van der Waals surface area contributed by atoms with Crippen LogP contribution in [0.25, 0.3) is 0 Å². The lowest BCUT2D eigenvalue weighted by Crippen LogP contribution is -2.15. The van der Waals surface area contributed by atoms with Gasteiger partial charge in [0.15, 0.2) is 0 Å². The van der Waals surface area contributed by atoms with E-state index in [1.165, 1.54) is 0 Å². The van der Waals surface area contributed by atoms with Gasteiger partial charge in [-0.25, -0.2) is 8.78 Å². The van der Waals surface area contributed by atoms with Crippen molar-refractivity contribution in [3.05, 3.63) is 29.8 Å². The molecule has 0 heterocycles. The lowest BCUT2D eigenvalue weighted by Gasteiger charge is -2.15. The molecule has 0 aliphatic carbocycles. The third kappa shape index (κ3) is 4.33. The van der Waals surface area contributed by atoms with Crippen molar-refractivity contribution in [3.8, 4) is 5.75 Å². The van der Waals surface area contributed by atoms with Crippen molar-refractivity contribution in [3.63, 3.8) is 0 Å². The number of benzene rings is 1. The van der Waals surface area contributed by atoms with Gasteiger partial charge in [0.25, 0.3) is 0 Å². The van der Waals surface area contributed by atoms with Gasteiger partial charge in [-0.2, -0.15) is 0 Å². The van der Waals surface area contributed by atoms with E-state index in [4.69, 9.17) is 10.5 Å². The Kier molecular flexibility index (Phi) is 7.01. The van der Waals surface area contributed by atoms with E-state index in [9.17, 15) is 8.78 Å². The number of halogens is 3. The summed E-state index contributed by atoms with van der Waals surface area (Å²) in [7, 11) is 0. The van der Waals surface area contributed by atoms with Crippen molar-refractivity contribution in [1.82, 2.24) is 0 Å². The highest BCUT2D eigenvalue weighted by Gasteiger charge is 2.16. The molecule has 0 aromatic heterocycles. The fourth-order valence-corrected chi connectivity index (χ4v) is 1.39. The zero-order chi connectivity index (χ0) is 11.3. The first-order valence-electron chi connectivity index (χ1n) is 4.90. The molecule has 0 saturated heterocycles. The van der Waals surface area contributed by atoms with Crippen LogP contribution in [0.1, 0.15) is 24.9 Å². The lowest BCUT2D eigenvalue weighted by atomic mass is 10.0. The van der Waals surface area contributed by atoms with E-state index in [2.05, 4.69) is 0 Å². The molecule has 92 valence electrons. The highest BCUT2D eigenvalue weighted by Crippen LogP contribution is 2.27. The number of nitrogens with two attached hydrogens (primary N) is 1. The molecule has 0 unspecified atom stereocenters. The maximum absolute atomic E-state index is 12.2. The van der Waals surface area contributed by atoms with Gasteiger partial charge in [-0.05, 0) is 13.0 Å². The molecule has 2 N–H and O–H groups in total. The van der Waals surface area contributed by atoms with Crippen LogP contribution in [0.15, 0.2) is 24.3 Å². The van der Waals surface area contributed by atoms with Gasteiger partial charge in [0.2, 0.25) is 6.43 Å². The standard InChI is InChI=1S/C11H15F2NO.ClH/c1-2-15-10-6-4-3-5-8(10)9(14)7-11(12)13;/h3-6,9,11H,2,7,14H2,1H3;1H/t9-;/m1./s1. The smallest absolute Gasteiger partial charge is 0.240 e. The van der Waals surface area contributed by atoms with Crippen LogP contribution >= 0.6 is 12.4 Å². The van der Waals surface area contributed by atoms with Crippen molar-refractivity contribution in [2.45, 2.75) is 25.8 Å². The van der Waals surface area contributed by atoms with Gasteiger partial charge in [-0.3, -0.25) is 0 Å². The van der Waals surface area contributed by atoms with Crippen LogP contribution < -0.4 is 10.5 Å². The zero-order valence-corrected chi connectivity index (χ0v) is 9.84. The molecule has 1 aromatic carbocycles. The summed E-state index contributed by atoms with van der Waals surface area (Å²) in [6, 6.07) is 6.35. The van der Waals surface area contributed by atoms with Crippen LogP contribution in [0.5, 0.6) is 5.75 Å². The molecule has 2 nitrogen and oxygen atoms in total. The number of para-hydroxylation sites is 1. The van der Waals surface area contributed by atoms with E-state index < -0.39 is 12.5 Å². The van der Waals surface area contributed by atoms with Crippen molar-refractivity contribution in [1.29, 1.82) is 0 Å². The van der Waals surface area contributed by atoms with Crippen LogP contribution in [0, 0.1) is 0 Å². The van der Waals surface area contributed by atoms with Crippen molar-refractivity contribution < 1.29 is 13.5 Å². The summed E-state index contributed by atoms with van der Waals surface area (Å²) in [5, 5.41) is 0. The molecule has 0 saturated carbocycles. The van der Waals surface area contributed by atoms with Gasteiger partial charge in [0.1, 0.15) is 5.75 Å².